The molecule has 8 nitrogen and oxygen atoms in total. The summed E-state index contributed by atoms with van der Waals surface area (Å²) < 4.78 is 16.4. The van der Waals surface area contributed by atoms with Crippen LogP contribution < -0.4 is 20.1 Å². The van der Waals surface area contributed by atoms with Crippen LogP contribution in [0.4, 0.5) is 5.69 Å². The number of hydrogen-bond donors (Lipinski definition) is 2. The van der Waals surface area contributed by atoms with Gasteiger partial charge in [0.15, 0.2) is 11.5 Å². The number of carbonyl (C=O) groups is 1. The van der Waals surface area contributed by atoms with Crippen LogP contribution >= 0.6 is 0 Å². The molecule has 1 aromatic carbocycles. The highest BCUT2D eigenvalue weighted by Crippen LogP contribution is 2.30. The molecule has 1 fully saturated rings. The van der Waals surface area contributed by atoms with Crippen LogP contribution in [-0.2, 0) is 9.53 Å². The highest BCUT2D eigenvalue weighted by atomic mass is 16.5. The lowest BCUT2D eigenvalue weighted by atomic mass is 10.2. The standard InChI is InChI=1S/C20H28N4O4/c1-3-27-18-6-5-17(13-19(18)28-4-2)23-15-16(14-21)20(25)22-7-8-24-9-11-26-12-10-24/h5-6,13,15,23H,3-4,7-12H2,1-2H3,(H,22,25)/b16-15-. The Labute approximate surface area is 166 Å². The van der Waals surface area contributed by atoms with Crippen LogP contribution in [0.2, 0.25) is 0 Å². The van der Waals surface area contributed by atoms with E-state index in [1.54, 1.807) is 18.2 Å². The van der Waals surface area contributed by atoms with E-state index in [0.717, 1.165) is 19.6 Å². The highest BCUT2D eigenvalue weighted by Gasteiger charge is 2.12. The third-order valence-electron chi connectivity index (χ3n) is 4.11. The molecule has 1 amide bonds. The van der Waals surface area contributed by atoms with E-state index in [4.69, 9.17) is 14.2 Å². The molecule has 28 heavy (non-hydrogen) atoms. The fourth-order valence-corrected chi connectivity index (χ4v) is 2.69. The summed E-state index contributed by atoms with van der Waals surface area (Å²) >= 11 is 0. The highest BCUT2D eigenvalue weighted by molar-refractivity contribution is 5.97. The van der Waals surface area contributed by atoms with E-state index < -0.39 is 5.91 Å². The van der Waals surface area contributed by atoms with Gasteiger partial charge in [-0.1, -0.05) is 0 Å². The lowest BCUT2D eigenvalue weighted by Crippen LogP contribution is -2.41. The van der Waals surface area contributed by atoms with E-state index in [1.165, 1.54) is 6.20 Å². The van der Waals surface area contributed by atoms with Crippen molar-refractivity contribution in [3.63, 3.8) is 0 Å². The average molecular weight is 388 g/mol. The summed E-state index contributed by atoms with van der Waals surface area (Å²) in [5.41, 5.74) is 0.703. The predicted octanol–water partition coefficient (Wildman–Crippen LogP) is 1.75. The Morgan fingerprint density at radius 2 is 1.96 bits per heavy atom. The number of benzene rings is 1. The number of morpholine rings is 1. The number of rotatable bonds is 10. The normalized spacial score (nSPS) is 14.8. The molecular weight excluding hydrogens is 360 g/mol. The number of anilines is 1. The molecule has 0 bridgehead atoms. The molecule has 2 N–H and O–H groups in total. The van der Waals surface area contributed by atoms with Crippen LogP contribution in [0, 0.1) is 11.3 Å². The van der Waals surface area contributed by atoms with E-state index in [1.807, 2.05) is 19.9 Å². The maximum absolute atomic E-state index is 12.2. The third-order valence-corrected chi connectivity index (χ3v) is 4.11. The number of carbonyl (C=O) groups excluding carboxylic acids is 1. The molecule has 1 heterocycles. The second-order valence-electron chi connectivity index (χ2n) is 6.05. The summed E-state index contributed by atoms with van der Waals surface area (Å²) in [6, 6.07) is 7.29. The number of ether oxygens (including phenoxy) is 3. The molecule has 1 aliphatic heterocycles. The largest absolute Gasteiger partial charge is 0.490 e. The van der Waals surface area contributed by atoms with E-state index in [9.17, 15) is 10.1 Å². The summed E-state index contributed by atoms with van der Waals surface area (Å²) in [5, 5.41) is 15.0. The van der Waals surface area contributed by atoms with Crippen molar-refractivity contribution in [3.8, 4) is 17.6 Å². The van der Waals surface area contributed by atoms with Crippen molar-refractivity contribution in [3.05, 3.63) is 30.0 Å². The van der Waals surface area contributed by atoms with Gasteiger partial charge in [-0.25, -0.2) is 0 Å². The Kier molecular flexibility index (Phi) is 9.11. The van der Waals surface area contributed by atoms with Gasteiger partial charge < -0.3 is 24.8 Å². The first-order valence-electron chi connectivity index (χ1n) is 9.52. The minimum atomic E-state index is -0.403. The van der Waals surface area contributed by atoms with Gasteiger partial charge in [-0.2, -0.15) is 5.26 Å². The van der Waals surface area contributed by atoms with Crippen molar-refractivity contribution >= 4 is 11.6 Å². The van der Waals surface area contributed by atoms with Gasteiger partial charge in [-0.05, 0) is 26.0 Å². The second kappa shape index (κ2) is 11.8. The number of amides is 1. The zero-order chi connectivity index (χ0) is 20.2. The second-order valence-corrected chi connectivity index (χ2v) is 6.05. The van der Waals surface area contributed by atoms with Crippen LogP contribution in [0.15, 0.2) is 30.0 Å². The van der Waals surface area contributed by atoms with Gasteiger partial charge in [0.25, 0.3) is 5.91 Å². The van der Waals surface area contributed by atoms with E-state index in [0.29, 0.717) is 50.2 Å². The Hall–Kier alpha value is -2.76. The van der Waals surface area contributed by atoms with Crippen molar-refractivity contribution in [2.45, 2.75) is 13.8 Å². The van der Waals surface area contributed by atoms with Crippen LogP contribution in [0.5, 0.6) is 11.5 Å². The summed E-state index contributed by atoms with van der Waals surface area (Å²) in [4.78, 5) is 14.4. The smallest absolute Gasteiger partial charge is 0.263 e. The van der Waals surface area contributed by atoms with Gasteiger partial charge in [0.2, 0.25) is 0 Å². The molecular formula is C20H28N4O4. The van der Waals surface area contributed by atoms with Crippen molar-refractivity contribution in [1.82, 2.24) is 10.2 Å². The fraction of sp³-hybridized carbons (Fsp3) is 0.500. The summed E-state index contributed by atoms with van der Waals surface area (Å²) in [7, 11) is 0. The van der Waals surface area contributed by atoms with Crippen molar-refractivity contribution in [1.29, 1.82) is 5.26 Å². The maximum Gasteiger partial charge on any atom is 0.263 e. The Morgan fingerprint density at radius 1 is 1.25 bits per heavy atom. The molecule has 2 rings (SSSR count). The van der Waals surface area contributed by atoms with Crippen molar-refractivity contribution in [2.24, 2.45) is 0 Å². The van der Waals surface area contributed by atoms with E-state index >= 15 is 0 Å². The quantitative estimate of drug-likeness (QED) is 0.466. The van der Waals surface area contributed by atoms with Crippen LogP contribution in [0.1, 0.15) is 13.8 Å². The number of hydrogen-bond acceptors (Lipinski definition) is 7. The lowest BCUT2D eigenvalue weighted by molar-refractivity contribution is -0.117. The Bertz CT molecular complexity index is 709. The first-order valence-corrected chi connectivity index (χ1v) is 9.52. The Balaban J connectivity index is 1.91. The van der Waals surface area contributed by atoms with Gasteiger partial charge in [-0.3, -0.25) is 9.69 Å². The van der Waals surface area contributed by atoms with Gasteiger partial charge in [0.05, 0.1) is 26.4 Å². The van der Waals surface area contributed by atoms with Crippen LogP contribution in [-0.4, -0.2) is 63.4 Å². The van der Waals surface area contributed by atoms with E-state index in [-0.39, 0.29) is 5.57 Å². The third kappa shape index (κ3) is 6.76. The number of nitrogens with zero attached hydrogens (tertiary/aromatic N) is 2. The molecule has 0 unspecified atom stereocenters. The van der Waals surface area contributed by atoms with Crippen LogP contribution in [0.25, 0.3) is 0 Å². The molecule has 1 aliphatic rings. The van der Waals surface area contributed by atoms with Crippen LogP contribution in [0.3, 0.4) is 0 Å². The molecule has 8 heteroatoms. The fourth-order valence-electron chi connectivity index (χ4n) is 2.69. The molecule has 152 valence electrons. The Morgan fingerprint density at radius 3 is 2.64 bits per heavy atom. The summed E-state index contributed by atoms with van der Waals surface area (Å²) in [5.74, 6) is 0.857. The topological polar surface area (TPSA) is 95.8 Å². The van der Waals surface area contributed by atoms with E-state index in [2.05, 4.69) is 15.5 Å². The van der Waals surface area contributed by atoms with Crippen molar-refractivity contribution in [2.75, 3.05) is 57.9 Å². The zero-order valence-corrected chi connectivity index (χ0v) is 16.5. The first-order chi connectivity index (χ1) is 13.7. The van der Waals surface area contributed by atoms with Gasteiger partial charge in [0, 0.05) is 44.1 Å². The minimum Gasteiger partial charge on any atom is -0.490 e. The zero-order valence-electron chi connectivity index (χ0n) is 16.5. The van der Waals surface area contributed by atoms with Gasteiger partial charge in [-0.15, -0.1) is 0 Å². The minimum absolute atomic E-state index is 0.00817. The molecule has 0 radical (unpaired) electrons. The average Bonchev–Trinajstić information content (AvgIpc) is 2.71. The molecule has 1 saturated heterocycles. The predicted molar refractivity (Wildman–Crippen MR) is 106 cm³/mol. The lowest BCUT2D eigenvalue weighted by Gasteiger charge is -2.26. The molecule has 0 saturated carbocycles. The molecule has 0 aliphatic carbocycles. The molecule has 0 aromatic heterocycles. The van der Waals surface area contributed by atoms with Gasteiger partial charge in [0.1, 0.15) is 11.6 Å². The number of nitriles is 1. The maximum atomic E-state index is 12.2. The van der Waals surface area contributed by atoms with Crippen molar-refractivity contribution < 1.29 is 19.0 Å². The monoisotopic (exact) mass is 388 g/mol. The summed E-state index contributed by atoms with van der Waals surface area (Å²) in [6.07, 6.45) is 1.40. The first kappa shape index (κ1) is 21.5. The molecule has 1 aromatic rings. The SMILES string of the molecule is CCOc1ccc(N/C=C(/C#N)C(=O)NCCN2CCOCC2)cc1OCC. The molecule has 0 spiro atoms. The summed E-state index contributed by atoms with van der Waals surface area (Å²) in [6.45, 7) is 9.21. The molecule has 0 atom stereocenters. The number of nitrogens with one attached hydrogen (secondary N) is 2. The van der Waals surface area contributed by atoms with Gasteiger partial charge >= 0.3 is 0 Å².